The van der Waals surface area contributed by atoms with E-state index in [1.54, 1.807) is 6.92 Å². The molecule has 1 aromatic heterocycles. The molecule has 10 heteroatoms. The van der Waals surface area contributed by atoms with Crippen LogP contribution in [-0.2, 0) is 30.4 Å². The molecule has 4 atom stereocenters. The van der Waals surface area contributed by atoms with Crippen LogP contribution in [0.4, 0.5) is 0 Å². The number of hydrogen-bond donors (Lipinski definition) is 5. The Morgan fingerprint density at radius 3 is 2.33 bits per heavy atom. The van der Waals surface area contributed by atoms with Crippen molar-refractivity contribution in [2.24, 2.45) is 5.92 Å². The van der Waals surface area contributed by atoms with E-state index in [4.69, 9.17) is 0 Å². The highest BCUT2D eigenvalue weighted by molar-refractivity contribution is 5.93. The van der Waals surface area contributed by atoms with Crippen LogP contribution in [0.1, 0.15) is 91.0 Å². The lowest BCUT2D eigenvalue weighted by Gasteiger charge is -2.28. The van der Waals surface area contributed by atoms with Crippen molar-refractivity contribution in [3.8, 4) is 0 Å². The van der Waals surface area contributed by atoms with Crippen LogP contribution < -0.4 is 21.3 Å². The number of unbranched alkanes of at least 4 members (excludes halogenated alkanes) is 2. The van der Waals surface area contributed by atoms with Gasteiger partial charge in [-0.25, -0.2) is 0 Å². The molecule has 42 heavy (non-hydrogen) atoms. The highest BCUT2D eigenvalue weighted by Crippen LogP contribution is 2.20. The van der Waals surface area contributed by atoms with Crippen LogP contribution in [0.2, 0.25) is 0 Å². The minimum atomic E-state index is -0.919. The molecule has 2 aromatic rings. The van der Waals surface area contributed by atoms with Crippen molar-refractivity contribution in [2.75, 3.05) is 0 Å². The Bertz CT molecular complexity index is 1240. The van der Waals surface area contributed by atoms with E-state index < -0.39 is 30.1 Å². The highest BCUT2D eigenvalue weighted by Gasteiger charge is 2.30. The van der Waals surface area contributed by atoms with Gasteiger partial charge in [0, 0.05) is 61.3 Å². The molecule has 1 aliphatic rings. The lowest BCUT2D eigenvalue weighted by Crippen LogP contribution is -2.56. The third-order valence-electron chi connectivity index (χ3n) is 7.66. The third kappa shape index (κ3) is 10.3. The van der Waals surface area contributed by atoms with Crippen molar-refractivity contribution in [3.05, 3.63) is 36.0 Å². The number of aromatic amines is 1. The van der Waals surface area contributed by atoms with E-state index in [1.165, 1.54) is 0 Å². The summed E-state index contributed by atoms with van der Waals surface area (Å²) in [6.45, 7) is 7.64. The molecule has 3 rings (SSSR count). The minimum Gasteiger partial charge on any atom is -0.361 e. The largest absolute Gasteiger partial charge is 0.361 e. The third-order valence-corrected chi connectivity index (χ3v) is 7.66. The zero-order valence-corrected chi connectivity index (χ0v) is 25.4. The van der Waals surface area contributed by atoms with E-state index in [0.29, 0.717) is 32.1 Å². The summed E-state index contributed by atoms with van der Waals surface area (Å²) in [6.07, 6.45) is 6.25. The Morgan fingerprint density at radius 2 is 1.60 bits per heavy atom. The Morgan fingerprint density at radius 1 is 0.881 bits per heavy atom. The van der Waals surface area contributed by atoms with Crippen molar-refractivity contribution in [1.29, 1.82) is 0 Å². The average molecular weight is 582 g/mol. The van der Waals surface area contributed by atoms with Crippen LogP contribution in [0.15, 0.2) is 30.5 Å². The Kier molecular flexibility index (Phi) is 12.6. The van der Waals surface area contributed by atoms with Crippen LogP contribution >= 0.6 is 0 Å². The van der Waals surface area contributed by atoms with E-state index in [9.17, 15) is 24.0 Å². The number of fused-ring (bicyclic) bond motifs is 1. The fourth-order valence-corrected chi connectivity index (χ4v) is 5.50. The van der Waals surface area contributed by atoms with Crippen LogP contribution in [0.25, 0.3) is 10.9 Å². The maximum absolute atomic E-state index is 13.7. The van der Waals surface area contributed by atoms with Gasteiger partial charge >= 0.3 is 0 Å². The minimum absolute atomic E-state index is 0.0283. The van der Waals surface area contributed by atoms with E-state index in [2.05, 4.69) is 26.3 Å². The maximum Gasteiger partial charge on any atom is 0.243 e. The van der Waals surface area contributed by atoms with Crippen molar-refractivity contribution in [1.82, 2.24) is 26.3 Å². The van der Waals surface area contributed by atoms with Gasteiger partial charge < -0.3 is 26.3 Å². The molecule has 1 aliphatic heterocycles. The van der Waals surface area contributed by atoms with Gasteiger partial charge in [0.25, 0.3) is 0 Å². The lowest BCUT2D eigenvalue weighted by molar-refractivity contribution is -0.133. The van der Waals surface area contributed by atoms with E-state index in [0.717, 1.165) is 29.3 Å². The molecular formula is C32H47N5O5. The number of Topliss-reactive ketones (excluding diaryl/α,β-unsaturated/α-hetero) is 1. The van der Waals surface area contributed by atoms with Gasteiger partial charge in [-0.2, -0.15) is 0 Å². The first-order valence-electron chi connectivity index (χ1n) is 15.3. The number of aromatic nitrogens is 1. The molecular weight excluding hydrogens is 534 g/mol. The summed E-state index contributed by atoms with van der Waals surface area (Å²) >= 11 is 0. The SMILES string of the molecule is CCC(=O)CCCCC[C@@H]1NC(=O)C[C@H](C)NC(=O)C[C@H](CC(C)C)NC(=O)[C@H](Cc2c[nH]c3ccccc23)NC1=O. The Labute approximate surface area is 248 Å². The van der Waals surface area contributed by atoms with E-state index in [1.807, 2.05) is 51.2 Å². The zero-order valence-electron chi connectivity index (χ0n) is 25.4. The molecule has 10 nitrogen and oxygen atoms in total. The molecule has 0 aliphatic carbocycles. The van der Waals surface area contributed by atoms with Crippen LogP contribution in [-0.4, -0.2) is 58.6 Å². The number of amides is 4. The van der Waals surface area contributed by atoms with Crippen molar-refractivity contribution in [3.63, 3.8) is 0 Å². The monoisotopic (exact) mass is 581 g/mol. The van der Waals surface area contributed by atoms with Crippen molar-refractivity contribution < 1.29 is 24.0 Å². The van der Waals surface area contributed by atoms with Crippen molar-refractivity contribution in [2.45, 2.75) is 116 Å². The van der Waals surface area contributed by atoms with Gasteiger partial charge in [-0.05, 0) is 43.7 Å². The van der Waals surface area contributed by atoms with Gasteiger partial charge in [0.05, 0.1) is 0 Å². The van der Waals surface area contributed by atoms with Gasteiger partial charge in [0.15, 0.2) is 0 Å². The maximum atomic E-state index is 13.7. The summed E-state index contributed by atoms with van der Waals surface area (Å²) in [5.41, 5.74) is 1.80. The molecule has 1 saturated heterocycles. The van der Waals surface area contributed by atoms with Crippen LogP contribution in [0.3, 0.4) is 0 Å². The first-order chi connectivity index (χ1) is 20.0. The summed E-state index contributed by atoms with van der Waals surface area (Å²) < 4.78 is 0. The zero-order chi connectivity index (χ0) is 30.6. The van der Waals surface area contributed by atoms with Gasteiger partial charge in [-0.3, -0.25) is 24.0 Å². The summed E-state index contributed by atoms with van der Waals surface area (Å²) in [7, 11) is 0. The van der Waals surface area contributed by atoms with Gasteiger partial charge in [-0.15, -0.1) is 0 Å². The number of para-hydroxylation sites is 1. The van der Waals surface area contributed by atoms with Gasteiger partial charge in [0.1, 0.15) is 17.9 Å². The lowest BCUT2D eigenvalue weighted by atomic mass is 9.98. The van der Waals surface area contributed by atoms with Gasteiger partial charge in [-0.1, -0.05) is 51.8 Å². The van der Waals surface area contributed by atoms with Crippen LogP contribution in [0.5, 0.6) is 0 Å². The van der Waals surface area contributed by atoms with E-state index in [-0.39, 0.29) is 48.7 Å². The van der Waals surface area contributed by atoms with Crippen LogP contribution in [0, 0.1) is 5.92 Å². The number of hydrogen-bond acceptors (Lipinski definition) is 5. The average Bonchev–Trinajstić information content (AvgIpc) is 3.33. The molecule has 1 fully saturated rings. The quantitative estimate of drug-likeness (QED) is 0.258. The summed E-state index contributed by atoms with van der Waals surface area (Å²) in [4.78, 5) is 68.0. The molecule has 0 saturated carbocycles. The number of nitrogens with one attached hydrogen (secondary N) is 5. The molecule has 2 heterocycles. The summed E-state index contributed by atoms with van der Waals surface area (Å²) in [5.74, 6) is -0.963. The Balaban J connectivity index is 1.86. The molecule has 0 radical (unpaired) electrons. The normalized spacial score (nSPS) is 22.7. The highest BCUT2D eigenvalue weighted by atomic mass is 16.2. The summed E-state index contributed by atoms with van der Waals surface area (Å²) in [5, 5.41) is 12.6. The fourth-order valence-electron chi connectivity index (χ4n) is 5.50. The second-order valence-corrected chi connectivity index (χ2v) is 11.9. The van der Waals surface area contributed by atoms with E-state index >= 15 is 0 Å². The second-order valence-electron chi connectivity index (χ2n) is 11.9. The number of ketones is 1. The first-order valence-corrected chi connectivity index (χ1v) is 15.3. The smallest absolute Gasteiger partial charge is 0.243 e. The molecule has 5 N–H and O–H groups in total. The molecule has 0 spiro atoms. The first kappa shape index (κ1) is 32.8. The molecule has 1 aromatic carbocycles. The standard InChI is InChI=1S/C32H47N5O5/c1-5-24(38)11-7-6-8-14-27-31(41)37-28(17-22-19-33-26-13-10-9-12-25(22)26)32(42)35-23(15-20(2)3)18-30(40)34-21(4)16-29(39)36-27/h9-10,12-13,19-21,23,27-28,33H,5-8,11,14-18H2,1-4H3,(H,34,40)(H,35,42)(H,36,39)(H,37,41)/t21-,23-,27-,28-/m0/s1. The number of benzene rings is 1. The fraction of sp³-hybridized carbons (Fsp3) is 0.594. The number of carbonyl (C=O) groups excluding carboxylic acids is 5. The Hall–Kier alpha value is -3.69. The number of carbonyl (C=O) groups is 5. The molecule has 0 unspecified atom stereocenters. The predicted molar refractivity (Wildman–Crippen MR) is 162 cm³/mol. The van der Waals surface area contributed by atoms with Crippen molar-refractivity contribution >= 4 is 40.3 Å². The van der Waals surface area contributed by atoms with Gasteiger partial charge in [0.2, 0.25) is 23.6 Å². The molecule has 4 amide bonds. The predicted octanol–water partition coefficient (Wildman–Crippen LogP) is 3.44. The number of rotatable bonds is 11. The molecule has 0 bridgehead atoms. The topological polar surface area (TPSA) is 149 Å². The molecule has 230 valence electrons. The second kappa shape index (κ2) is 16.1. The summed E-state index contributed by atoms with van der Waals surface area (Å²) in [6, 6.07) is 5.12. The number of H-pyrrole nitrogens is 1.